The van der Waals surface area contributed by atoms with E-state index in [2.05, 4.69) is 10.0 Å². The molecular weight excluding hydrogens is 527 g/mol. The number of ether oxygens (including phenoxy) is 2. The number of benzene rings is 3. The number of aliphatic carboxylic acids is 1. The Morgan fingerprint density at radius 2 is 1.64 bits per heavy atom. The van der Waals surface area contributed by atoms with E-state index in [1.165, 1.54) is 36.4 Å². The zero-order valence-electron chi connectivity index (χ0n) is 21.8. The fourth-order valence-electron chi connectivity index (χ4n) is 3.30. The molecule has 9 nitrogen and oxygen atoms in total. The van der Waals surface area contributed by atoms with Crippen LogP contribution in [0.2, 0.25) is 0 Å². The molecule has 0 bridgehead atoms. The molecule has 3 aromatic rings. The van der Waals surface area contributed by atoms with Crippen molar-refractivity contribution in [1.82, 2.24) is 4.72 Å². The van der Waals surface area contributed by atoms with Gasteiger partial charge in [-0.15, -0.1) is 0 Å². The van der Waals surface area contributed by atoms with Crippen LogP contribution in [0.1, 0.15) is 42.3 Å². The number of hydrogen-bond acceptors (Lipinski definition) is 6. The van der Waals surface area contributed by atoms with E-state index in [1.807, 2.05) is 6.92 Å². The summed E-state index contributed by atoms with van der Waals surface area (Å²) in [5, 5.41) is 12.1. The third-order valence-corrected chi connectivity index (χ3v) is 6.39. The normalized spacial score (nSPS) is 12.7. The van der Waals surface area contributed by atoms with Crippen LogP contribution in [-0.4, -0.2) is 39.0 Å². The molecule has 0 saturated heterocycles. The summed E-state index contributed by atoms with van der Waals surface area (Å²) in [5.74, 6) is -3.30. The number of rotatable bonds is 9. The van der Waals surface area contributed by atoms with Crippen molar-refractivity contribution in [3.05, 3.63) is 89.2 Å². The molecule has 3 N–H and O–H groups in total. The van der Waals surface area contributed by atoms with Crippen molar-refractivity contribution in [2.24, 2.45) is 0 Å². The molecule has 0 aliphatic heterocycles. The average Bonchev–Trinajstić information content (AvgIpc) is 2.84. The Balaban J connectivity index is 1.62. The van der Waals surface area contributed by atoms with Gasteiger partial charge < -0.3 is 14.6 Å². The lowest BCUT2D eigenvalue weighted by atomic mass is 10.1. The number of carbonyl (C=O) groups is 3. The van der Waals surface area contributed by atoms with E-state index in [-0.39, 0.29) is 17.7 Å². The summed E-state index contributed by atoms with van der Waals surface area (Å²) in [7, 11) is -1.79. The molecule has 3 aromatic carbocycles. The van der Waals surface area contributed by atoms with E-state index in [1.54, 1.807) is 45.0 Å². The Bertz CT molecular complexity index is 1370. The Kier molecular flexibility index (Phi) is 9.55. The molecule has 2 atom stereocenters. The van der Waals surface area contributed by atoms with Crippen LogP contribution in [0, 0.1) is 12.7 Å². The molecule has 2 unspecified atom stereocenters. The third-order valence-electron chi connectivity index (χ3n) is 5.19. The first-order valence-corrected chi connectivity index (χ1v) is 13.0. The van der Waals surface area contributed by atoms with Crippen LogP contribution in [0.4, 0.5) is 14.9 Å². The summed E-state index contributed by atoms with van der Waals surface area (Å²) < 4.78 is 40.1. The maximum absolute atomic E-state index is 14.7. The Labute approximate surface area is 227 Å². The van der Waals surface area contributed by atoms with Gasteiger partial charge >= 0.3 is 18.0 Å². The van der Waals surface area contributed by atoms with Crippen molar-refractivity contribution in [1.29, 1.82) is 0 Å². The molecule has 1 amide bonds. The van der Waals surface area contributed by atoms with Gasteiger partial charge in [0, 0.05) is 5.69 Å². The number of carboxylic acids is 1. The van der Waals surface area contributed by atoms with Crippen molar-refractivity contribution < 1.29 is 37.6 Å². The van der Waals surface area contributed by atoms with Gasteiger partial charge in [0.1, 0.15) is 22.6 Å². The van der Waals surface area contributed by atoms with Gasteiger partial charge in [-0.1, -0.05) is 23.8 Å². The number of carbonyl (C=O) groups excluding carboxylic acids is 2. The van der Waals surface area contributed by atoms with Crippen LogP contribution in [0.5, 0.6) is 5.75 Å². The van der Waals surface area contributed by atoms with E-state index in [0.29, 0.717) is 16.1 Å². The molecular formula is C28H29FN2O7S. The first-order valence-electron chi connectivity index (χ1n) is 11.9. The van der Waals surface area contributed by atoms with Crippen molar-refractivity contribution in [3.8, 4) is 5.75 Å². The predicted octanol–water partition coefficient (Wildman–Crippen LogP) is 5.01. The summed E-state index contributed by atoms with van der Waals surface area (Å²) in [5.41, 5.74) is 1.10. The standard InChI is InChI=1S/C28H29FN2O7S/c1-17-5-12-21(13-6-17)39(36)31-23(25(32)33)16-18-7-14-24(22(29)15-18)37-26(34)19-8-10-20(11-9-19)30-27(35)38-28(2,3)4/h5-15,23,31H,16H2,1-4H3,(H,30,35)(H,32,33). The highest BCUT2D eigenvalue weighted by atomic mass is 32.2. The van der Waals surface area contributed by atoms with Crippen LogP contribution >= 0.6 is 0 Å². The summed E-state index contributed by atoms with van der Waals surface area (Å²) >= 11 is 0. The van der Waals surface area contributed by atoms with Gasteiger partial charge in [-0.3, -0.25) is 10.1 Å². The Morgan fingerprint density at radius 3 is 2.21 bits per heavy atom. The molecule has 39 heavy (non-hydrogen) atoms. The smallest absolute Gasteiger partial charge is 0.412 e. The molecule has 11 heteroatoms. The van der Waals surface area contributed by atoms with Crippen LogP contribution in [0.15, 0.2) is 71.6 Å². The lowest BCUT2D eigenvalue weighted by Gasteiger charge is -2.19. The Morgan fingerprint density at radius 1 is 1.00 bits per heavy atom. The zero-order chi connectivity index (χ0) is 28.7. The van der Waals surface area contributed by atoms with Gasteiger partial charge in [0.25, 0.3) is 0 Å². The second-order valence-electron chi connectivity index (χ2n) is 9.65. The second-order valence-corrected chi connectivity index (χ2v) is 10.9. The van der Waals surface area contributed by atoms with Gasteiger partial charge in [0.15, 0.2) is 11.6 Å². The molecule has 3 rings (SSSR count). The summed E-state index contributed by atoms with van der Waals surface area (Å²) in [4.78, 5) is 36.5. The van der Waals surface area contributed by atoms with E-state index < -0.39 is 46.5 Å². The van der Waals surface area contributed by atoms with Crippen molar-refractivity contribution in [2.75, 3.05) is 5.32 Å². The average molecular weight is 557 g/mol. The number of amides is 1. The zero-order valence-corrected chi connectivity index (χ0v) is 22.6. The number of carboxylic acid groups (broad SMARTS) is 1. The molecule has 0 aliphatic rings. The first-order chi connectivity index (χ1) is 18.3. The van der Waals surface area contributed by atoms with Gasteiger partial charge in [0.2, 0.25) is 0 Å². The van der Waals surface area contributed by atoms with E-state index in [0.717, 1.165) is 11.6 Å². The highest BCUT2D eigenvalue weighted by molar-refractivity contribution is 7.83. The number of aryl methyl sites for hydroxylation is 1. The lowest BCUT2D eigenvalue weighted by Crippen LogP contribution is -2.39. The SMILES string of the molecule is Cc1ccc(S(=O)NC(Cc2ccc(OC(=O)c3ccc(NC(=O)OC(C)(C)C)cc3)c(F)c2)C(=O)O)cc1. The molecule has 206 valence electrons. The predicted molar refractivity (Wildman–Crippen MR) is 144 cm³/mol. The number of esters is 1. The van der Waals surface area contributed by atoms with Gasteiger partial charge in [0.05, 0.1) is 10.5 Å². The van der Waals surface area contributed by atoms with Crippen molar-refractivity contribution in [3.63, 3.8) is 0 Å². The van der Waals surface area contributed by atoms with Crippen LogP contribution in [-0.2, 0) is 26.9 Å². The topological polar surface area (TPSA) is 131 Å². The van der Waals surface area contributed by atoms with Crippen LogP contribution in [0.3, 0.4) is 0 Å². The molecule has 0 spiro atoms. The fraction of sp³-hybridized carbons (Fsp3) is 0.250. The summed E-state index contributed by atoms with van der Waals surface area (Å²) in [6, 6.07) is 15.0. The van der Waals surface area contributed by atoms with Crippen molar-refractivity contribution >= 4 is 34.7 Å². The minimum Gasteiger partial charge on any atom is -0.480 e. The number of halogens is 1. The second kappa shape index (κ2) is 12.6. The maximum atomic E-state index is 14.7. The van der Waals surface area contributed by atoms with Crippen LogP contribution in [0.25, 0.3) is 0 Å². The van der Waals surface area contributed by atoms with E-state index in [9.17, 15) is 28.1 Å². The summed E-state index contributed by atoms with van der Waals surface area (Å²) in [6.07, 6.45) is -0.814. The molecule has 0 saturated carbocycles. The summed E-state index contributed by atoms with van der Waals surface area (Å²) in [6.45, 7) is 7.06. The first kappa shape index (κ1) is 29.5. The number of nitrogens with one attached hydrogen (secondary N) is 2. The van der Waals surface area contributed by atoms with E-state index >= 15 is 0 Å². The molecule has 0 heterocycles. The fourth-order valence-corrected chi connectivity index (χ4v) is 4.26. The maximum Gasteiger partial charge on any atom is 0.412 e. The molecule has 0 radical (unpaired) electrons. The highest BCUT2D eigenvalue weighted by Crippen LogP contribution is 2.22. The highest BCUT2D eigenvalue weighted by Gasteiger charge is 2.22. The van der Waals surface area contributed by atoms with Gasteiger partial charge in [-0.05, 0) is 88.2 Å². The number of anilines is 1. The minimum absolute atomic E-state index is 0.113. The van der Waals surface area contributed by atoms with Crippen LogP contribution < -0.4 is 14.8 Å². The third kappa shape index (κ3) is 9.01. The van der Waals surface area contributed by atoms with Gasteiger partial charge in [-0.2, -0.15) is 0 Å². The largest absolute Gasteiger partial charge is 0.480 e. The van der Waals surface area contributed by atoms with Crippen molar-refractivity contribution in [2.45, 2.75) is 50.7 Å². The van der Waals surface area contributed by atoms with E-state index in [4.69, 9.17) is 9.47 Å². The minimum atomic E-state index is -1.79. The molecule has 0 fully saturated rings. The number of hydrogen-bond donors (Lipinski definition) is 3. The quantitative estimate of drug-likeness (QED) is 0.249. The monoisotopic (exact) mass is 556 g/mol. The molecule has 0 aliphatic carbocycles. The lowest BCUT2D eigenvalue weighted by molar-refractivity contribution is -0.138. The van der Waals surface area contributed by atoms with Gasteiger partial charge in [-0.25, -0.2) is 22.9 Å². The molecule has 0 aromatic heterocycles. The Hall–Kier alpha value is -4.09.